The molecule has 110 valence electrons. The van der Waals surface area contributed by atoms with Gasteiger partial charge in [0.15, 0.2) is 0 Å². The van der Waals surface area contributed by atoms with Crippen LogP contribution in [0.25, 0.3) is 0 Å². The first kappa shape index (κ1) is 16.3. The van der Waals surface area contributed by atoms with Gasteiger partial charge in [-0.25, -0.2) is 0 Å². The number of hydrogen-bond acceptors (Lipinski definition) is 3. The zero-order valence-electron chi connectivity index (χ0n) is 11.6. The van der Waals surface area contributed by atoms with Crippen LogP contribution in [0.5, 0.6) is 0 Å². The summed E-state index contributed by atoms with van der Waals surface area (Å²) in [5, 5.41) is 12.6. The molecule has 0 saturated heterocycles. The summed E-state index contributed by atoms with van der Waals surface area (Å²) < 4.78 is 37.2. The van der Waals surface area contributed by atoms with Crippen LogP contribution in [0.3, 0.4) is 0 Å². The van der Waals surface area contributed by atoms with Gasteiger partial charge in [0.2, 0.25) is 0 Å². The molecule has 1 rings (SSSR count). The predicted molar refractivity (Wildman–Crippen MR) is 67.6 cm³/mol. The highest BCUT2D eigenvalue weighted by Gasteiger charge is 2.40. The van der Waals surface area contributed by atoms with Gasteiger partial charge in [0, 0.05) is 6.04 Å². The molecule has 0 aromatic heterocycles. The van der Waals surface area contributed by atoms with Crippen LogP contribution in [0.15, 0.2) is 0 Å². The highest BCUT2D eigenvalue weighted by atomic mass is 19.4. The molecule has 1 fully saturated rings. The van der Waals surface area contributed by atoms with Gasteiger partial charge in [-0.05, 0) is 45.7 Å². The minimum Gasteiger partial charge on any atom is -0.299 e. The Bertz CT molecular complexity index is 324. The van der Waals surface area contributed by atoms with Gasteiger partial charge in [-0.15, -0.1) is 0 Å². The maximum atomic E-state index is 12.4. The molecule has 0 amide bonds. The lowest BCUT2D eigenvalue weighted by molar-refractivity contribution is -0.149. The van der Waals surface area contributed by atoms with Gasteiger partial charge in [0.25, 0.3) is 0 Å². The number of alkyl halides is 3. The maximum Gasteiger partial charge on any atom is 0.401 e. The van der Waals surface area contributed by atoms with Crippen LogP contribution in [-0.2, 0) is 0 Å². The Morgan fingerprint density at radius 3 is 2.68 bits per heavy atom. The maximum absolute atomic E-state index is 12.4. The van der Waals surface area contributed by atoms with Crippen molar-refractivity contribution in [1.82, 2.24) is 10.2 Å². The zero-order chi connectivity index (χ0) is 14.5. The molecule has 1 saturated carbocycles. The van der Waals surface area contributed by atoms with Crippen LogP contribution in [0.2, 0.25) is 0 Å². The molecule has 3 nitrogen and oxygen atoms in total. The molecule has 19 heavy (non-hydrogen) atoms. The molecule has 2 unspecified atom stereocenters. The van der Waals surface area contributed by atoms with Gasteiger partial charge in [-0.2, -0.15) is 18.4 Å². The Hall–Kier alpha value is -0.800. The summed E-state index contributed by atoms with van der Waals surface area (Å²) in [6, 6.07) is 2.10. The third-order valence-corrected chi connectivity index (χ3v) is 3.70. The average Bonchev–Trinajstić information content (AvgIpc) is 2.34. The van der Waals surface area contributed by atoms with Crippen molar-refractivity contribution in [3.8, 4) is 6.07 Å². The summed E-state index contributed by atoms with van der Waals surface area (Å²) in [5.74, 6) is 0. The van der Waals surface area contributed by atoms with Crippen LogP contribution in [0, 0.1) is 11.3 Å². The highest BCUT2D eigenvalue weighted by Crippen LogP contribution is 2.31. The average molecular weight is 277 g/mol. The second kappa shape index (κ2) is 6.58. The molecule has 0 aromatic rings. The van der Waals surface area contributed by atoms with Crippen molar-refractivity contribution in [2.75, 3.05) is 20.1 Å². The molecule has 0 bridgehead atoms. The molecule has 0 spiro atoms. The van der Waals surface area contributed by atoms with Crippen molar-refractivity contribution in [3.63, 3.8) is 0 Å². The molecule has 0 aliphatic heterocycles. The van der Waals surface area contributed by atoms with Crippen LogP contribution >= 0.6 is 0 Å². The van der Waals surface area contributed by atoms with Crippen molar-refractivity contribution in [3.05, 3.63) is 0 Å². The van der Waals surface area contributed by atoms with E-state index < -0.39 is 18.3 Å². The van der Waals surface area contributed by atoms with Gasteiger partial charge in [-0.3, -0.25) is 10.2 Å². The van der Waals surface area contributed by atoms with Crippen molar-refractivity contribution < 1.29 is 13.2 Å². The van der Waals surface area contributed by atoms with Crippen LogP contribution in [0.1, 0.15) is 39.0 Å². The summed E-state index contributed by atoms with van der Waals surface area (Å²) in [7, 11) is 1.49. The highest BCUT2D eigenvalue weighted by molar-refractivity contribution is 5.11. The fraction of sp³-hybridized carbons (Fsp3) is 0.923. The van der Waals surface area contributed by atoms with E-state index in [1.54, 1.807) is 0 Å². The molecule has 6 heteroatoms. The number of halogens is 3. The largest absolute Gasteiger partial charge is 0.401 e. The summed E-state index contributed by atoms with van der Waals surface area (Å²) in [6.07, 6.45) is -0.568. The van der Waals surface area contributed by atoms with Gasteiger partial charge in [-0.1, -0.05) is 6.92 Å². The standard InChI is InChI=1S/C13H22F3N3/c1-3-7-18-12(9-17)6-4-5-11(8-12)19(2)10-13(14,15)16/h11,18H,3-8,10H2,1-2H3. The van der Waals surface area contributed by atoms with Crippen molar-refractivity contribution in [1.29, 1.82) is 5.26 Å². The van der Waals surface area contributed by atoms with Crippen LogP contribution in [0.4, 0.5) is 13.2 Å². The Labute approximate surface area is 112 Å². The summed E-state index contributed by atoms with van der Waals surface area (Å²) in [5.41, 5.74) is -0.654. The van der Waals surface area contributed by atoms with Gasteiger partial charge in [0.05, 0.1) is 12.6 Å². The Morgan fingerprint density at radius 1 is 1.47 bits per heavy atom. The second-order valence-corrected chi connectivity index (χ2v) is 5.40. The lowest BCUT2D eigenvalue weighted by atomic mass is 9.79. The van der Waals surface area contributed by atoms with Gasteiger partial charge >= 0.3 is 6.18 Å². The topological polar surface area (TPSA) is 39.1 Å². The molecule has 0 aromatic carbocycles. The van der Waals surface area contributed by atoms with E-state index in [1.165, 1.54) is 11.9 Å². The molecular formula is C13H22F3N3. The van der Waals surface area contributed by atoms with Crippen molar-refractivity contribution in [2.45, 2.75) is 56.8 Å². The van der Waals surface area contributed by atoms with E-state index in [0.29, 0.717) is 6.42 Å². The van der Waals surface area contributed by atoms with E-state index in [0.717, 1.165) is 32.2 Å². The minimum absolute atomic E-state index is 0.181. The number of hydrogen-bond donors (Lipinski definition) is 1. The van der Waals surface area contributed by atoms with Crippen molar-refractivity contribution >= 4 is 0 Å². The first-order valence-corrected chi connectivity index (χ1v) is 6.75. The molecule has 0 heterocycles. The van der Waals surface area contributed by atoms with E-state index in [4.69, 9.17) is 0 Å². The van der Waals surface area contributed by atoms with E-state index >= 15 is 0 Å². The van der Waals surface area contributed by atoms with E-state index in [2.05, 4.69) is 11.4 Å². The molecule has 1 aliphatic carbocycles. The SMILES string of the molecule is CCCNC1(C#N)CCCC(N(C)CC(F)(F)F)C1. The van der Waals surface area contributed by atoms with Crippen LogP contribution in [-0.4, -0.2) is 42.8 Å². The number of rotatable bonds is 5. The van der Waals surface area contributed by atoms with E-state index in [1.807, 2.05) is 6.92 Å². The fourth-order valence-corrected chi connectivity index (χ4v) is 2.70. The number of nitrogens with zero attached hydrogens (tertiary/aromatic N) is 2. The zero-order valence-corrected chi connectivity index (χ0v) is 11.6. The Kier molecular flexibility index (Phi) is 5.63. The molecule has 1 N–H and O–H groups in total. The Morgan fingerprint density at radius 2 is 2.16 bits per heavy atom. The molecule has 1 aliphatic rings. The van der Waals surface area contributed by atoms with Gasteiger partial charge in [0.1, 0.15) is 5.54 Å². The second-order valence-electron chi connectivity index (χ2n) is 5.40. The Balaban J connectivity index is 2.64. The number of nitriles is 1. The molecule has 2 atom stereocenters. The third kappa shape index (κ3) is 5.00. The van der Waals surface area contributed by atoms with Gasteiger partial charge < -0.3 is 0 Å². The third-order valence-electron chi connectivity index (χ3n) is 3.70. The monoisotopic (exact) mass is 277 g/mol. The number of nitrogens with one attached hydrogen (secondary N) is 1. The van der Waals surface area contributed by atoms with Crippen molar-refractivity contribution in [2.24, 2.45) is 0 Å². The van der Waals surface area contributed by atoms with E-state index in [9.17, 15) is 18.4 Å². The normalized spacial score (nSPS) is 28.4. The minimum atomic E-state index is -4.18. The smallest absolute Gasteiger partial charge is 0.299 e. The first-order chi connectivity index (χ1) is 8.82. The lowest BCUT2D eigenvalue weighted by Crippen LogP contribution is -2.53. The van der Waals surface area contributed by atoms with Crippen LogP contribution < -0.4 is 5.32 Å². The van der Waals surface area contributed by atoms with E-state index in [-0.39, 0.29) is 6.04 Å². The molecular weight excluding hydrogens is 255 g/mol. The first-order valence-electron chi connectivity index (χ1n) is 6.75. The fourth-order valence-electron chi connectivity index (χ4n) is 2.70. The lowest BCUT2D eigenvalue weighted by Gasteiger charge is -2.40. The molecule has 0 radical (unpaired) electrons. The summed E-state index contributed by atoms with van der Waals surface area (Å²) in [4.78, 5) is 1.33. The quantitative estimate of drug-likeness (QED) is 0.839. The summed E-state index contributed by atoms with van der Waals surface area (Å²) >= 11 is 0. The predicted octanol–water partition coefficient (Wildman–Crippen LogP) is 2.69. The summed E-state index contributed by atoms with van der Waals surface area (Å²) in [6.45, 7) is 1.82.